The largest absolute Gasteiger partial charge is 0.491 e. The van der Waals surface area contributed by atoms with Gasteiger partial charge in [0.05, 0.1) is 23.3 Å². The van der Waals surface area contributed by atoms with Crippen LogP contribution in [0.5, 0.6) is 5.75 Å². The summed E-state index contributed by atoms with van der Waals surface area (Å²) in [7, 11) is -3.31. The number of rotatable bonds is 8. The van der Waals surface area contributed by atoms with Crippen molar-refractivity contribution in [1.29, 1.82) is 5.26 Å². The van der Waals surface area contributed by atoms with Crippen LogP contribution in [0, 0.1) is 11.3 Å². The smallest absolute Gasteiger partial charge is 0.235 e. The summed E-state index contributed by atoms with van der Waals surface area (Å²) in [6.45, 7) is 2.13. The minimum Gasteiger partial charge on any atom is -0.491 e. The Balaban J connectivity index is 1.61. The molecule has 1 aliphatic carbocycles. The number of anilines is 2. The van der Waals surface area contributed by atoms with Crippen LogP contribution in [0.2, 0.25) is 0 Å². The van der Waals surface area contributed by atoms with Gasteiger partial charge in [0.25, 0.3) is 0 Å². The average Bonchev–Trinajstić information content (AvgIpc) is 3.55. The van der Waals surface area contributed by atoms with Crippen molar-refractivity contribution in [3.8, 4) is 11.8 Å². The molecular weight excluding hydrogens is 405 g/mol. The Bertz CT molecular complexity index is 1060. The lowest BCUT2D eigenvalue weighted by Gasteiger charge is -2.28. The molecule has 2 aromatic rings. The second-order valence-electron chi connectivity index (χ2n) is 7.56. The van der Waals surface area contributed by atoms with Gasteiger partial charge in [-0.3, -0.25) is 4.72 Å². The number of hydrogen-bond acceptors (Lipinski definition) is 5. The highest BCUT2D eigenvalue weighted by Crippen LogP contribution is 2.49. The van der Waals surface area contributed by atoms with Crippen LogP contribution in [-0.2, 0) is 10.0 Å². The number of alkyl halides is 1. The fourth-order valence-electron chi connectivity index (χ4n) is 4.04. The zero-order chi connectivity index (χ0) is 21.3. The van der Waals surface area contributed by atoms with Crippen molar-refractivity contribution in [2.75, 3.05) is 29.4 Å². The summed E-state index contributed by atoms with van der Waals surface area (Å²) in [6.07, 6.45) is 1.42. The zero-order valence-corrected chi connectivity index (χ0v) is 17.5. The first-order valence-electron chi connectivity index (χ1n) is 10.1. The van der Waals surface area contributed by atoms with E-state index in [4.69, 9.17) is 4.74 Å². The van der Waals surface area contributed by atoms with E-state index < -0.39 is 16.7 Å². The third kappa shape index (κ3) is 3.82. The van der Waals surface area contributed by atoms with Crippen molar-refractivity contribution < 1.29 is 17.5 Å². The Morgan fingerprint density at radius 3 is 2.57 bits per heavy atom. The maximum absolute atomic E-state index is 12.5. The van der Waals surface area contributed by atoms with Gasteiger partial charge in [0.15, 0.2) is 0 Å². The van der Waals surface area contributed by atoms with Crippen molar-refractivity contribution in [3.63, 3.8) is 0 Å². The van der Waals surface area contributed by atoms with Gasteiger partial charge in [-0.1, -0.05) is 18.2 Å². The first-order chi connectivity index (χ1) is 14.5. The summed E-state index contributed by atoms with van der Waals surface area (Å²) < 4.78 is 44.8. The molecule has 0 bridgehead atoms. The average molecular weight is 430 g/mol. The number of nitrogens with zero attached hydrogens (tertiary/aromatic N) is 2. The number of likely N-dealkylation sites (N-methyl/N-ethyl adjacent to an activating group) is 1. The van der Waals surface area contributed by atoms with E-state index >= 15 is 0 Å². The summed E-state index contributed by atoms with van der Waals surface area (Å²) in [4.78, 5) is 2.13. The SMILES string of the molecule is CCN1c2cc(OCCF)ccc2C(C#N)C1c1ccc(NS(=O)(=O)C2CC2)cc1. The maximum Gasteiger partial charge on any atom is 0.235 e. The molecule has 4 rings (SSSR count). The van der Waals surface area contributed by atoms with Crippen LogP contribution in [0.4, 0.5) is 15.8 Å². The summed E-state index contributed by atoms with van der Waals surface area (Å²) >= 11 is 0. The van der Waals surface area contributed by atoms with Gasteiger partial charge in [-0.05, 0) is 49.1 Å². The molecule has 8 heteroatoms. The predicted molar refractivity (Wildman–Crippen MR) is 114 cm³/mol. The number of hydrogen-bond donors (Lipinski definition) is 1. The zero-order valence-electron chi connectivity index (χ0n) is 16.7. The third-order valence-electron chi connectivity index (χ3n) is 5.60. The van der Waals surface area contributed by atoms with E-state index in [1.54, 1.807) is 18.2 Å². The molecule has 1 fully saturated rings. The van der Waals surface area contributed by atoms with Crippen LogP contribution in [-0.4, -0.2) is 33.5 Å². The van der Waals surface area contributed by atoms with Crippen molar-refractivity contribution in [1.82, 2.24) is 0 Å². The van der Waals surface area contributed by atoms with E-state index in [0.717, 1.165) is 16.8 Å². The molecule has 0 radical (unpaired) electrons. The van der Waals surface area contributed by atoms with E-state index in [2.05, 4.69) is 15.7 Å². The molecule has 0 amide bonds. The highest BCUT2D eigenvalue weighted by Gasteiger charge is 2.39. The molecule has 30 heavy (non-hydrogen) atoms. The molecule has 2 aliphatic rings. The number of ether oxygens (including phenoxy) is 1. The second kappa shape index (κ2) is 8.15. The van der Waals surface area contributed by atoms with Crippen LogP contribution < -0.4 is 14.4 Å². The number of benzene rings is 2. The maximum atomic E-state index is 12.5. The molecule has 158 valence electrons. The first-order valence-corrected chi connectivity index (χ1v) is 11.6. The highest BCUT2D eigenvalue weighted by molar-refractivity contribution is 7.93. The summed E-state index contributed by atoms with van der Waals surface area (Å²) in [5, 5.41) is 9.61. The van der Waals surface area contributed by atoms with Crippen molar-refractivity contribution in [3.05, 3.63) is 53.6 Å². The molecule has 2 unspecified atom stereocenters. The second-order valence-corrected chi connectivity index (χ2v) is 9.52. The lowest BCUT2D eigenvalue weighted by Crippen LogP contribution is -2.26. The minimum atomic E-state index is -3.31. The Hall–Kier alpha value is -2.79. The van der Waals surface area contributed by atoms with E-state index in [1.165, 1.54) is 0 Å². The van der Waals surface area contributed by atoms with Gasteiger partial charge in [0.1, 0.15) is 19.0 Å². The number of halogens is 1. The van der Waals surface area contributed by atoms with Gasteiger partial charge < -0.3 is 9.64 Å². The molecule has 6 nitrogen and oxygen atoms in total. The van der Waals surface area contributed by atoms with Gasteiger partial charge in [0, 0.05) is 24.0 Å². The summed E-state index contributed by atoms with van der Waals surface area (Å²) in [5.74, 6) is 0.205. The molecule has 2 atom stereocenters. The minimum absolute atomic E-state index is 0.00571. The van der Waals surface area contributed by atoms with Crippen LogP contribution in [0.15, 0.2) is 42.5 Å². The highest BCUT2D eigenvalue weighted by atomic mass is 32.2. The normalized spacial score (nSPS) is 20.5. The molecular formula is C22H24FN3O3S. The van der Waals surface area contributed by atoms with Gasteiger partial charge >= 0.3 is 0 Å². The van der Waals surface area contributed by atoms with Gasteiger partial charge in [-0.2, -0.15) is 5.26 Å². The number of fused-ring (bicyclic) bond motifs is 1. The standard InChI is InChI=1S/C22H24FN3O3S/c1-2-26-21-13-17(29-12-11-23)7-10-19(21)20(14-24)22(26)15-3-5-16(6-4-15)25-30(27,28)18-8-9-18/h3-7,10,13,18,20,22,25H,2,8-9,11-12H2,1H3. The predicted octanol–water partition coefficient (Wildman–Crippen LogP) is 4.13. The molecule has 1 N–H and O–H groups in total. The van der Waals surface area contributed by atoms with E-state index in [9.17, 15) is 18.1 Å². The summed E-state index contributed by atoms with van der Waals surface area (Å²) in [6, 6.07) is 15.0. The summed E-state index contributed by atoms with van der Waals surface area (Å²) in [5.41, 5.74) is 3.28. The first kappa shape index (κ1) is 20.5. The topological polar surface area (TPSA) is 82.4 Å². The monoisotopic (exact) mass is 429 g/mol. The molecule has 1 heterocycles. The Kier molecular flexibility index (Phi) is 5.56. The van der Waals surface area contributed by atoms with Crippen LogP contribution in [0.25, 0.3) is 0 Å². The molecule has 1 saturated carbocycles. The third-order valence-corrected chi connectivity index (χ3v) is 7.47. The number of nitriles is 1. The van der Waals surface area contributed by atoms with Crippen LogP contribution >= 0.6 is 0 Å². The Morgan fingerprint density at radius 1 is 1.23 bits per heavy atom. The van der Waals surface area contributed by atoms with Crippen molar-refractivity contribution in [2.45, 2.75) is 37.0 Å². The molecule has 1 aliphatic heterocycles. The molecule has 0 spiro atoms. The van der Waals surface area contributed by atoms with Crippen LogP contribution in [0.3, 0.4) is 0 Å². The number of sulfonamides is 1. The van der Waals surface area contributed by atoms with E-state index in [1.807, 2.05) is 31.2 Å². The molecule has 2 aromatic carbocycles. The Labute approximate surface area is 176 Å². The molecule has 0 aromatic heterocycles. The lowest BCUT2D eigenvalue weighted by atomic mass is 9.91. The van der Waals surface area contributed by atoms with Crippen molar-refractivity contribution in [2.24, 2.45) is 0 Å². The fraction of sp³-hybridized carbons (Fsp3) is 0.409. The van der Waals surface area contributed by atoms with E-state index in [-0.39, 0.29) is 23.8 Å². The quantitative estimate of drug-likeness (QED) is 0.682. The molecule has 0 saturated heterocycles. The van der Waals surface area contributed by atoms with E-state index in [0.29, 0.717) is 30.8 Å². The van der Waals surface area contributed by atoms with Gasteiger partial charge in [-0.15, -0.1) is 0 Å². The number of nitrogens with one attached hydrogen (secondary N) is 1. The van der Waals surface area contributed by atoms with Gasteiger partial charge in [-0.25, -0.2) is 12.8 Å². The fourth-order valence-corrected chi connectivity index (χ4v) is 5.42. The Morgan fingerprint density at radius 2 is 1.97 bits per heavy atom. The van der Waals surface area contributed by atoms with Gasteiger partial charge in [0.2, 0.25) is 10.0 Å². The van der Waals surface area contributed by atoms with Crippen molar-refractivity contribution >= 4 is 21.4 Å². The van der Waals surface area contributed by atoms with Crippen LogP contribution in [0.1, 0.15) is 42.9 Å². The lowest BCUT2D eigenvalue weighted by molar-refractivity contribution is 0.273.